The Morgan fingerprint density at radius 2 is 1.91 bits per heavy atom. The third-order valence-electron chi connectivity index (χ3n) is 6.38. The lowest BCUT2D eigenvalue weighted by Gasteiger charge is -2.32. The van der Waals surface area contributed by atoms with Crippen molar-refractivity contribution in [2.24, 2.45) is 5.92 Å². The number of rotatable bonds is 5. The van der Waals surface area contributed by atoms with Crippen LogP contribution in [0.2, 0.25) is 0 Å². The van der Waals surface area contributed by atoms with Crippen molar-refractivity contribution in [3.8, 4) is 0 Å². The highest BCUT2D eigenvalue weighted by atomic mass is 32.2. The van der Waals surface area contributed by atoms with Gasteiger partial charge in [0, 0.05) is 43.1 Å². The molecule has 0 bridgehead atoms. The van der Waals surface area contributed by atoms with Crippen LogP contribution in [0.5, 0.6) is 0 Å². The molecule has 0 aliphatic carbocycles. The van der Waals surface area contributed by atoms with E-state index in [1.54, 1.807) is 28.7 Å². The normalized spacial score (nSPS) is 20.1. The molecule has 2 fully saturated rings. The average Bonchev–Trinajstić information content (AvgIpc) is 3.37. The number of benzene rings is 1. The first-order valence-corrected chi connectivity index (χ1v) is 13.7. The number of hydrogen-bond acceptors (Lipinski definition) is 7. The molecular formula is C23H27N5O3S2. The number of sulfonamides is 1. The molecule has 0 radical (unpaired) electrons. The van der Waals surface area contributed by atoms with E-state index in [2.05, 4.69) is 15.2 Å². The SMILES string of the molecule is O=C(Nc1nccs1)[C@H]1CCCN(c2ccc3cc(S(=O)(=O)N4CCCCC4)ccc3n2)C1. The third kappa shape index (κ3) is 4.73. The highest BCUT2D eigenvalue weighted by molar-refractivity contribution is 7.89. The second-order valence-electron chi connectivity index (χ2n) is 8.60. The van der Waals surface area contributed by atoms with Crippen molar-refractivity contribution in [3.63, 3.8) is 0 Å². The Hall–Kier alpha value is -2.56. The first-order chi connectivity index (χ1) is 16.0. The number of nitrogens with one attached hydrogen (secondary N) is 1. The molecule has 1 atom stereocenters. The fourth-order valence-corrected chi connectivity index (χ4v) is 6.66. The lowest BCUT2D eigenvalue weighted by atomic mass is 9.97. The van der Waals surface area contributed by atoms with Crippen LogP contribution in [0, 0.1) is 5.92 Å². The van der Waals surface area contributed by atoms with E-state index in [1.807, 2.05) is 17.5 Å². The van der Waals surface area contributed by atoms with Crippen molar-refractivity contribution in [1.82, 2.24) is 14.3 Å². The number of amides is 1. The second-order valence-corrected chi connectivity index (χ2v) is 11.4. The summed E-state index contributed by atoms with van der Waals surface area (Å²) < 4.78 is 27.6. The summed E-state index contributed by atoms with van der Waals surface area (Å²) in [6.07, 6.45) is 6.32. The molecule has 2 saturated heterocycles. The fourth-order valence-electron chi connectivity index (χ4n) is 4.58. The van der Waals surface area contributed by atoms with Crippen LogP contribution in [-0.4, -0.2) is 54.8 Å². The topological polar surface area (TPSA) is 95.5 Å². The van der Waals surface area contributed by atoms with Crippen LogP contribution in [0.25, 0.3) is 10.9 Å². The van der Waals surface area contributed by atoms with Gasteiger partial charge in [0.1, 0.15) is 5.82 Å². The van der Waals surface area contributed by atoms with Crippen molar-refractivity contribution in [3.05, 3.63) is 41.9 Å². The highest BCUT2D eigenvalue weighted by Gasteiger charge is 2.28. The Bertz CT molecular complexity index is 1240. The minimum Gasteiger partial charge on any atom is -0.356 e. The van der Waals surface area contributed by atoms with Gasteiger partial charge in [0.15, 0.2) is 5.13 Å². The molecule has 0 spiro atoms. The van der Waals surface area contributed by atoms with Gasteiger partial charge in [0.05, 0.1) is 16.3 Å². The summed E-state index contributed by atoms with van der Waals surface area (Å²) in [7, 11) is -3.48. The molecule has 0 saturated carbocycles. The van der Waals surface area contributed by atoms with Gasteiger partial charge in [-0.1, -0.05) is 6.42 Å². The van der Waals surface area contributed by atoms with Gasteiger partial charge in [-0.2, -0.15) is 4.31 Å². The molecule has 2 aliphatic heterocycles. The summed E-state index contributed by atoms with van der Waals surface area (Å²) in [5.74, 6) is 0.668. The van der Waals surface area contributed by atoms with Gasteiger partial charge in [-0.05, 0) is 56.0 Å². The zero-order valence-electron chi connectivity index (χ0n) is 18.3. The lowest BCUT2D eigenvalue weighted by Crippen LogP contribution is -2.41. The largest absolute Gasteiger partial charge is 0.356 e. The summed E-state index contributed by atoms with van der Waals surface area (Å²) in [4.78, 5) is 24.0. The highest BCUT2D eigenvalue weighted by Crippen LogP contribution is 2.28. The maximum absolute atomic E-state index is 13.0. The molecule has 3 aromatic rings. The Kier molecular flexibility index (Phi) is 6.31. The molecule has 1 amide bonds. The van der Waals surface area contributed by atoms with Crippen molar-refractivity contribution >= 4 is 49.1 Å². The van der Waals surface area contributed by atoms with Gasteiger partial charge in [0.2, 0.25) is 15.9 Å². The minimum absolute atomic E-state index is 0.0111. The Morgan fingerprint density at radius 1 is 1.06 bits per heavy atom. The van der Waals surface area contributed by atoms with E-state index in [4.69, 9.17) is 4.98 Å². The van der Waals surface area contributed by atoms with Gasteiger partial charge >= 0.3 is 0 Å². The number of fused-ring (bicyclic) bond motifs is 1. The summed E-state index contributed by atoms with van der Waals surface area (Å²) in [6, 6.07) is 9.00. The second kappa shape index (κ2) is 9.36. The summed E-state index contributed by atoms with van der Waals surface area (Å²) in [5.41, 5.74) is 0.749. The van der Waals surface area contributed by atoms with E-state index in [0.29, 0.717) is 29.7 Å². The first kappa shape index (κ1) is 22.2. The molecular weight excluding hydrogens is 458 g/mol. The van der Waals surface area contributed by atoms with Crippen molar-refractivity contribution in [1.29, 1.82) is 0 Å². The number of carbonyl (C=O) groups is 1. The fraction of sp³-hybridized carbons (Fsp3) is 0.435. The molecule has 0 unspecified atom stereocenters. The van der Waals surface area contributed by atoms with Crippen LogP contribution in [0.15, 0.2) is 46.8 Å². The van der Waals surface area contributed by atoms with Crippen LogP contribution in [0.4, 0.5) is 10.9 Å². The molecule has 2 aromatic heterocycles. The number of piperidine rings is 2. The number of carbonyl (C=O) groups excluding carboxylic acids is 1. The molecule has 174 valence electrons. The van der Waals surface area contributed by atoms with Gasteiger partial charge in [-0.15, -0.1) is 11.3 Å². The van der Waals surface area contributed by atoms with Gasteiger partial charge in [-0.25, -0.2) is 18.4 Å². The zero-order chi connectivity index (χ0) is 22.8. The molecule has 10 heteroatoms. The average molecular weight is 486 g/mol. The van der Waals surface area contributed by atoms with Gasteiger partial charge in [-0.3, -0.25) is 4.79 Å². The van der Waals surface area contributed by atoms with Crippen LogP contribution >= 0.6 is 11.3 Å². The molecule has 4 heterocycles. The Morgan fingerprint density at radius 3 is 2.70 bits per heavy atom. The molecule has 1 N–H and O–H groups in total. The summed E-state index contributed by atoms with van der Waals surface area (Å²) in [5, 5.41) is 6.16. The lowest BCUT2D eigenvalue weighted by molar-refractivity contribution is -0.120. The smallest absolute Gasteiger partial charge is 0.243 e. The monoisotopic (exact) mass is 485 g/mol. The summed E-state index contributed by atoms with van der Waals surface area (Å²) in [6.45, 7) is 2.60. The summed E-state index contributed by atoms with van der Waals surface area (Å²) >= 11 is 1.41. The molecule has 8 nitrogen and oxygen atoms in total. The van der Waals surface area contributed by atoms with Crippen molar-refractivity contribution < 1.29 is 13.2 Å². The van der Waals surface area contributed by atoms with E-state index < -0.39 is 10.0 Å². The number of aromatic nitrogens is 2. The quantitative estimate of drug-likeness (QED) is 0.592. The first-order valence-electron chi connectivity index (χ1n) is 11.4. The van der Waals surface area contributed by atoms with Crippen LogP contribution in [0.3, 0.4) is 0 Å². The van der Waals surface area contributed by atoms with Crippen molar-refractivity contribution in [2.75, 3.05) is 36.4 Å². The number of nitrogens with zero attached hydrogens (tertiary/aromatic N) is 4. The van der Waals surface area contributed by atoms with E-state index >= 15 is 0 Å². The van der Waals surface area contributed by atoms with Crippen LogP contribution in [-0.2, 0) is 14.8 Å². The van der Waals surface area contributed by atoms with E-state index in [9.17, 15) is 13.2 Å². The molecule has 2 aliphatic rings. The zero-order valence-corrected chi connectivity index (χ0v) is 19.9. The molecule has 33 heavy (non-hydrogen) atoms. The van der Waals surface area contributed by atoms with E-state index in [-0.39, 0.29) is 11.8 Å². The van der Waals surface area contributed by atoms with E-state index in [0.717, 1.165) is 55.4 Å². The van der Waals surface area contributed by atoms with E-state index in [1.165, 1.54) is 11.3 Å². The van der Waals surface area contributed by atoms with Crippen LogP contribution < -0.4 is 10.2 Å². The Balaban J connectivity index is 1.33. The third-order valence-corrected chi connectivity index (χ3v) is 8.96. The standard InChI is InChI=1S/C23H27N5O3S2/c29-22(26-23-24-10-14-32-23)18-5-4-11-27(16-18)21-9-6-17-15-19(7-8-20(17)25-21)33(30,31)28-12-2-1-3-13-28/h6-10,14-15,18H,1-5,11-13,16H2,(H,24,26,29)/t18-/m0/s1. The number of pyridine rings is 1. The predicted molar refractivity (Wildman–Crippen MR) is 130 cm³/mol. The molecule has 5 rings (SSSR count). The predicted octanol–water partition coefficient (Wildman–Crippen LogP) is 3.72. The van der Waals surface area contributed by atoms with Gasteiger partial charge < -0.3 is 10.2 Å². The van der Waals surface area contributed by atoms with Crippen molar-refractivity contribution in [2.45, 2.75) is 37.0 Å². The minimum atomic E-state index is -3.48. The van der Waals surface area contributed by atoms with Gasteiger partial charge in [0.25, 0.3) is 0 Å². The maximum Gasteiger partial charge on any atom is 0.243 e. The maximum atomic E-state index is 13.0. The number of anilines is 2. The Labute approximate surface area is 197 Å². The van der Waals surface area contributed by atoms with Crippen LogP contribution in [0.1, 0.15) is 32.1 Å². The molecule has 1 aromatic carbocycles. The number of thiazole rings is 1. The number of hydrogen-bond donors (Lipinski definition) is 1.